The van der Waals surface area contributed by atoms with Crippen LogP contribution in [-0.4, -0.2) is 39.5 Å². The van der Waals surface area contributed by atoms with Crippen LogP contribution in [0.2, 0.25) is 0 Å². The second-order valence-corrected chi connectivity index (χ2v) is 7.07. The quantitative estimate of drug-likeness (QED) is 0.529. The molecule has 184 valence electrons. The molecule has 0 saturated carbocycles. The Morgan fingerprint density at radius 2 is 0.879 bits per heavy atom. The van der Waals surface area contributed by atoms with Gasteiger partial charge < -0.3 is 44.9 Å². The van der Waals surface area contributed by atoms with Gasteiger partial charge in [0.2, 0.25) is 0 Å². The molecule has 0 N–H and O–H groups in total. The van der Waals surface area contributed by atoms with Gasteiger partial charge in [0.05, 0.1) is 0 Å². The summed E-state index contributed by atoms with van der Waals surface area (Å²) in [5, 5.41) is 8.65. The van der Waals surface area contributed by atoms with Gasteiger partial charge in [0.25, 0.3) is 0 Å². The second-order valence-electron chi connectivity index (χ2n) is 7.07. The van der Waals surface area contributed by atoms with Crippen molar-refractivity contribution in [2.45, 2.75) is 52.4 Å². The number of hydrogen-bond donors (Lipinski definition) is 0. The van der Waals surface area contributed by atoms with Gasteiger partial charge in [-0.15, -0.1) is 24.5 Å². The maximum Gasteiger partial charge on any atom is 4.00 e. The van der Waals surface area contributed by atoms with Gasteiger partial charge in [-0.3, -0.25) is 0 Å². The van der Waals surface area contributed by atoms with E-state index in [2.05, 4.69) is 24.5 Å². The van der Waals surface area contributed by atoms with Crippen molar-refractivity contribution in [2.24, 2.45) is 0 Å². The van der Waals surface area contributed by atoms with Crippen molar-refractivity contribution < 1.29 is 60.5 Å². The van der Waals surface area contributed by atoms with E-state index >= 15 is 0 Å². The minimum absolute atomic E-state index is 0. The Balaban J connectivity index is -0.000000368. The Kier molecular flexibility index (Phi) is 33.0. The van der Waals surface area contributed by atoms with E-state index in [-0.39, 0.29) is 51.0 Å². The summed E-state index contributed by atoms with van der Waals surface area (Å²) in [5.41, 5.74) is 2.17. The molecule has 2 aromatic carbocycles. The molecule has 0 aromatic heterocycles. The third-order valence-corrected chi connectivity index (χ3v) is 4.20. The van der Waals surface area contributed by atoms with Crippen LogP contribution in [0.15, 0.2) is 60.7 Å². The standard InChI is InChI=1S/2C9H12N.2C4H8O.2ClH.Zr/c2*1-2-8-10-9-6-4-3-5-7-9;2*1-2-4-5-3-1;;;/h2*3-7H,2,8H2,1H3;2*1-4H2;2*1H;/q2*-1;;;;;+4/p-2. The molecule has 2 aromatic rings. The van der Waals surface area contributed by atoms with Crippen molar-refractivity contribution >= 4 is 11.4 Å². The van der Waals surface area contributed by atoms with Crippen LogP contribution < -0.4 is 24.8 Å². The van der Waals surface area contributed by atoms with Crippen LogP contribution in [0.4, 0.5) is 11.4 Å². The minimum atomic E-state index is 0. The Morgan fingerprint density at radius 1 is 0.576 bits per heavy atom. The molecule has 0 bridgehead atoms. The van der Waals surface area contributed by atoms with Gasteiger partial charge in [0.1, 0.15) is 0 Å². The van der Waals surface area contributed by atoms with Gasteiger partial charge in [-0.25, -0.2) is 0 Å². The Morgan fingerprint density at radius 3 is 1.09 bits per heavy atom. The molecule has 2 heterocycles. The Labute approximate surface area is 233 Å². The molecule has 0 spiro atoms. The number of ether oxygens (including phenoxy) is 2. The van der Waals surface area contributed by atoms with Crippen LogP contribution in [0, 0.1) is 0 Å². The molecule has 0 aliphatic carbocycles. The van der Waals surface area contributed by atoms with Gasteiger partial charge >= 0.3 is 26.2 Å². The zero-order valence-corrected chi connectivity index (χ0v) is 24.2. The van der Waals surface area contributed by atoms with E-state index in [1.807, 2.05) is 60.7 Å². The summed E-state index contributed by atoms with van der Waals surface area (Å²) in [6.45, 7) is 10.1. The van der Waals surface area contributed by atoms with Gasteiger partial charge in [0.15, 0.2) is 0 Å². The van der Waals surface area contributed by atoms with E-state index in [9.17, 15) is 0 Å². The first-order chi connectivity index (χ1) is 14.9. The van der Waals surface area contributed by atoms with Gasteiger partial charge in [0, 0.05) is 26.4 Å². The predicted octanol–water partition coefficient (Wildman–Crippen LogP) is 1.80. The summed E-state index contributed by atoms with van der Waals surface area (Å²) in [5.74, 6) is 0. The fraction of sp³-hybridized carbons (Fsp3) is 0.538. The van der Waals surface area contributed by atoms with Crippen LogP contribution in [0.1, 0.15) is 52.4 Å². The summed E-state index contributed by atoms with van der Waals surface area (Å²) in [4.78, 5) is 0. The Hall–Kier alpha value is -0.577. The smallest absolute Gasteiger partial charge is 1.00 e. The molecule has 2 aliphatic heterocycles. The maximum atomic E-state index is 4.94. The van der Waals surface area contributed by atoms with Crippen molar-refractivity contribution in [1.82, 2.24) is 0 Å². The number of benzene rings is 2. The molecule has 7 heteroatoms. The van der Waals surface area contributed by atoms with E-state index in [4.69, 9.17) is 9.47 Å². The zero-order chi connectivity index (χ0) is 21.5. The summed E-state index contributed by atoms with van der Waals surface area (Å²) in [6.07, 6.45) is 7.35. The number of para-hydroxylation sites is 2. The summed E-state index contributed by atoms with van der Waals surface area (Å²) in [7, 11) is 0. The molecule has 4 rings (SSSR count). The van der Waals surface area contributed by atoms with Gasteiger partial charge in [-0.1, -0.05) is 87.4 Å². The van der Waals surface area contributed by atoms with Crippen molar-refractivity contribution in [3.63, 3.8) is 0 Å². The van der Waals surface area contributed by atoms with Crippen LogP contribution >= 0.6 is 0 Å². The fourth-order valence-electron chi connectivity index (χ4n) is 2.57. The average Bonchev–Trinajstić information content (AvgIpc) is 3.57. The van der Waals surface area contributed by atoms with Crippen LogP contribution in [-0.2, 0) is 35.7 Å². The van der Waals surface area contributed by atoms with Crippen LogP contribution in [0.3, 0.4) is 0 Å². The molecule has 2 aliphatic rings. The first kappa shape index (κ1) is 37.0. The number of hydrogen-bond acceptors (Lipinski definition) is 2. The summed E-state index contributed by atoms with van der Waals surface area (Å²) in [6, 6.07) is 20.1. The number of rotatable bonds is 6. The SMILES string of the molecule is C1CCOC1.C1CCOC1.CCC[N-]c1ccccc1.CCC[N-]c1ccccc1.[Cl-].[Cl-].[Zr+4]. The molecule has 0 radical (unpaired) electrons. The van der Waals surface area contributed by atoms with Crippen LogP contribution in [0.25, 0.3) is 10.6 Å². The molecule has 2 fully saturated rings. The third-order valence-electron chi connectivity index (χ3n) is 4.20. The first-order valence-corrected chi connectivity index (χ1v) is 11.5. The molecular weight excluding hydrogens is 534 g/mol. The zero-order valence-electron chi connectivity index (χ0n) is 20.2. The largest absolute Gasteiger partial charge is 4.00 e. The first-order valence-electron chi connectivity index (χ1n) is 11.5. The predicted molar refractivity (Wildman–Crippen MR) is 129 cm³/mol. The number of halogens is 2. The molecule has 2 saturated heterocycles. The molecule has 0 unspecified atom stereocenters. The van der Waals surface area contributed by atoms with E-state index in [0.717, 1.165) is 63.7 Å². The third kappa shape index (κ3) is 24.4. The molecule has 33 heavy (non-hydrogen) atoms. The van der Waals surface area contributed by atoms with Crippen molar-refractivity contribution in [1.29, 1.82) is 0 Å². The molecule has 0 amide bonds. The normalized spacial score (nSPS) is 12.9. The van der Waals surface area contributed by atoms with Crippen molar-refractivity contribution in [3.8, 4) is 0 Å². The van der Waals surface area contributed by atoms with Crippen molar-refractivity contribution in [3.05, 3.63) is 71.3 Å². The maximum absolute atomic E-state index is 4.94. The van der Waals surface area contributed by atoms with Gasteiger partial charge in [-0.2, -0.15) is 0 Å². The number of nitrogens with zero attached hydrogens (tertiary/aromatic N) is 2. The molecular formula is C26H40Cl2N2O2Zr. The van der Waals surface area contributed by atoms with E-state index < -0.39 is 0 Å². The van der Waals surface area contributed by atoms with E-state index in [0.29, 0.717) is 0 Å². The van der Waals surface area contributed by atoms with E-state index in [1.165, 1.54) is 25.7 Å². The van der Waals surface area contributed by atoms with Crippen molar-refractivity contribution in [2.75, 3.05) is 39.5 Å². The fourth-order valence-corrected chi connectivity index (χ4v) is 2.57. The summed E-state index contributed by atoms with van der Waals surface area (Å²) >= 11 is 0. The average molecular weight is 575 g/mol. The molecule has 4 nitrogen and oxygen atoms in total. The second kappa shape index (κ2) is 29.5. The van der Waals surface area contributed by atoms with Gasteiger partial charge in [-0.05, 0) is 25.7 Å². The van der Waals surface area contributed by atoms with Crippen LogP contribution in [0.5, 0.6) is 0 Å². The summed E-state index contributed by atoms with van der Waals surface area (Å²) < 4.78 is 9.89. The minimum Gasteiger partial charge on any atom is -1.00 e. The Bertz CT molecular complexity index is 519. The monoisotopic (exact) mass is 572 g/mol. The molecule has 0 atom stereocenters. The topological polar surface area (TPSA) is 46.7 Å². The van der Waals surface area contributed by atoms with E-state index in [1.54, 1.807) is 0 Å².